The molecule has 0 spiro atoms. The Morgan fingerprint density at radius 2 is 1.92 bits per heavy atom. The second-order valence-corrected chi connectivity index (χ2v) is 5.83. The van der Waals surface area contributed by atoms with E-state index in [0.29, 0.717) is 18.8 Å². The largest absolute Gasteiger partial charge is 0.375 e. The van der Waals surface area contributed by atoms with Gasteiger partial charge in [-0.15, -0.1) is 12.4 Å². The zero-order valence-electron chi connectivity index (χ0n) is 14.7. The number of amides is 1. The van der Waals surface area contributed by atoms with Crippen molar-refractivity contribution in [3.8, 4) is 0 Å². The number of halogens is 1. The van der Waals surface area contributed by atoms with Gasteiger partial charge in [-0.25, -0.2) is 0 Å². The van der Waals surface area contributed by atoms with E-state index in [0.717, 1.165) is 5.56 Å². The van der Waals surface area contributed by atoms with Gasteiger partial charge >= 0.3 is 0 Å². The van der Waals surface area contributed by atoms with E-state index < -0.39 is 4.92 Å². The second kappa shape index (κ2) is 9.74. The van der Waals surface area contributed by atoms with Crippen molar-refractivity contribution in [1.29, 1.82) is 0 Å². The molecule has 0 bridgehead atoms. The molecule has 1 unspecified atom stereocenters. The third kappa shape index (κ3) is 5.18. The molecular formula is C18H23ClN4O3. The van der Waals surface area contributed by atoms with Crippen LogP contribution in [-0.2, 0) is 6.54 Å². The zero-order chi connectivity index (χ0) is 18.4. The molecule has 0 saturated carbocycles. The fraction of sp³-hybridized carbons (Fsp3) is 0.278. The number of nitrogens with two attached hydrogens (primary N) is 1. The van der Waals surface area contributed by atoms with Gasteiger partial charge in [-0.05, 0) is 24.6 Å². The van der Waals surface area contributed by atoms with Crippen LogP contribution in [0.5, 0.6) is 0 Å². The van der Waals surface area contributed by atoms with Crippen molar-refractivity contribution < 1.29 is 9.72 Å². The monoisotopic (exact) mass is 378 g/mol. The number of nitro benzene ring substituents is 1. The molecule has 0 radical (unpaired) electrons. The lowest BCUT2D eigenvalue weighted by atomic mass is 10.1. The minimum absolute atomic E-state index is 0. The normalized spacial score (nSPS) is 11.2. The van der Waals surface area contributed by atoms with Crippen molar-refractivity contribution >= 4 is 29.7 Å². The van der Waals surface area contributed by atoms with Crippen LogP contribution in [-0.4, -0.2) is 35.4 Å². The summed E-state index contributed by atoms with van der Waals surface area (Å²) in [6.45, 7) is 2.60. The Kier molecular flexibility index (Phi) is 8.02. The molecule has 26 heavy (non-hydrogen) atoms. The number of nitrogens with one attached hydrogen (secondary N) is 1. The standard InChI is InChI=1S/C18H22N4O3.ClH/c1-13(11-19)21(2)18(23)15-8-9-16(17(10-15)22(24)25)20-12-14-6-4-3-5-7-14;/h3-10,13,20H,11-12,19H2,1-2H3;1H. The average Bonchev–Trinajstić information content (AvgIpc) is 2.65. The molecule has 2 rings (SSSR count). The van der Waals surface area contributed by atoms with Crippen LogP contribution in [0.2, 0.25) is 0 Å². The highest BCUT2D eigenvalue weighted by Gasteiger charge is 2.21. The topological polar surface area (TPSA) is 102 Å². The fourth-order valence-corrected chi connectivity index (χ4v) is 2.32. The molecule has 7 nitrogen and oxygen atoms in total. The number of hydrogen-bond donors (Lipinski definition) is 2. The zero-order valence-corrected chi connectivity index (χ0v) is 15.5. The van der Waals surface area contributed by atoms with Gasteiger partial charge in [0.2, 0.25) is 0 Å². The van der Waals surface area contributed by atoms with Crippen molar-refractivity contribution in [2.45, 2.75) is 19.5 Å². The van der Waals surface area contributed by atoms with Gasteiger partial charge < -0.3 is 16.0 Å². The summed E-state index contributed by atoms with van der Waals surface area (Å²) in [5.41, 5.74) is 7.09. The molecule has 1 amide bonds. The van der Waals surface area contributed by atoms with E-state index in [1.165, 1.54) is 11.0 Å². The number of benzene rings is 2. The predicted octanol–water partition coefficient (Wildman–Crippen LogP) is 3.05. The summed E-state index contributed by atoms with van der Waals surface area (Å²) in [5, 5.41) is 14.4. The van der Waals surface area contributed by atoms with Crippen LogP contribution in [0, 0.1) is 10.1 Å². The van der Waals surface area contributed by atoms with Crippen LogP contribution < -0.4 is 11.1 Å². The van der Waals surface area contributed by atoms with Crippen molar-refractivity contribution in [2.24, 2.45) is 5.73 Å². The number of nitrogens with zero attached hydrogens (tertiary/aromatic N) is 2. The number of rotatable bonds is 7. The van der Waals surface area contributed by atoms with E-state index in [2.05, 4.69) is 5.32 Å². The molecule has 0 aromatic heterocycles. The van der Waals surface area contributed by atoms with Crippen LogP contribution in [0.3, 0.4) is 0 Å². The maximum Gasteiger partial charge on any atom is 0.293 e. The van der Waals surface area contributed by atoms with E-state index >= 15 is 0 Å². The number of hydrogen-bond acceptors (Lipinski definition) is 5. The van der Waals surface area contributed by atoms with Gasteiger partial charge in [0.05, 0.1) is 4.92 Å². The number of carbonyl (C=O) groups excluding carboxylic acids is 1. The number of likely N-dealkylation sites (N-methyl/N-ethyl adjacent to an activating group) is 1. The first kappa shape index (κ1) is 21.4. The molecule has 0 aliphatic carbocycles. The fourth-order valence-electron chi connectivity index (χ4n) is 2.32. The molecule has 3 N–H and O–H groups in total. The smallest absolute Gasteiger partial charge is 0.293 e. The van der Waals surface area contributed by atoms with E-state index in [-0.39, 0.29) is 35.6 Å². The summed E-state index contributed by atoms with van der Waals surface area (Å²) >= 11 is 0. The van der Waals surface area contributed by atoms with E-state index in [1.54, 1.807) is 19.2 Å². The molecule has 0 aliphatic heterocycles. The van der Waals surface area contributed by atoms with Crippen molar-refractivity contribution in [1.82, 2.24) is 4.90 Å². The van der Waals surface area contributed by atoms with Gasteiger partial charge in [0.15, 0.2) is 0 Å². The highest BCUT2D eigenvalue weighted by molar-refractivity contribution is 5.95. The molecule has 0 fully saturated rings. The van der Waals surface area contributed by atoms with Gasteiger partial charge in [0.1, 0.15) is 5.69 Å². The Morgan fingerprint density at radius 1 is 1.27 bits per heavy atom. The van der Waals surface area contributed by atoms with Gasteiger partial charge in [-0.3, -0.25) is 14.9 Å². The summed E-state index contributed by atoms with van der Waals surface area (Å²) in [6, 6.07) is 13.9. The van der Waals surface area contributed by atoms with Gasteiger partial charge in [0, 0.05) is 37.8 Å². The Morgan fingerprint density at radius 3 is 2.50 bits per heavy atom. The lowest BCUT2D eigenvalue weighted by Gasteiger charge is -2.23. The van der Waals surface area contributed by atoms with Crippen molar-refractivity contribution in [3.05, 3.63) is 69.8 Å². The SMILES string of the molecule is CC(CN)N(C)C(=O)c1ccc(NCc2ccccc2)c([N+](=O)[O-])c1.Cl. The predicted molar refractivity (Wildman–Crippen MR) is 105 cm³/mol. The summed E-state index contributed by atoms with van der Waals surface area (Å²) in [5.74, 6) is -0.296. The molecule has 8 heteroatoms. The van der Waals surface area contributed by atoms with Crippen LogP contribution in [0.4, 0.5) is 11.4 Å². The average molecular weight is 379 g/mol. The Labute approximate surface area is 158 Å². The first-order valence-electron chi connectivity index (χ1n) is 7.97. The minimum Gasteiger partial charge on any atom is -0.375 e. The Balaban J connectivity index is 0.00000338. The first-order valence-corrected chi connectivity index (χ1v) is 7.97. The van der Waals surface area contributed by atoms with Crippen molar-refractivity contribution in [2.75, 3.05) is 18.9 Å². The van der Waals surface area contributed by atoms with Gasteiger partial charge in [0.25, 0.3) is 11.6 Å². The molecule has 2 aromatic carbocycles. The Bertz CT molecular complexity index is 755. The van der Waals surface area contributed by atoms with Gasteiger partial charge in [-0.2, -0.15) is 0 Å². The molecule has 140 valence electrons. The number of anilines is 1. The number of carbonyl (C=O) groups is 1. The summed E-state index contributed by atoms with van der Waals surface area (Å²) in [4.78, 5) is 24.8. The summed E-state index contributed by atoms with van der Waals surface area (Å²) in [6.07, 6.45) is 0. The third-order valence-electron chi connectivity index (χ3n) is 4.09. The minimum atomic E-state index is -0.490. The summed E-state index contributed by atoms with van der Waals surface area (Å²) in [7, 11) is 1.63. The maximum atomic E-state index is 12.4. The van der Waals surface area contributed by atoms with Crippen LogP contribution in [0.25, 0.3) is 0 Å². The van der Waals surface area contributed by atoms with E-state index in [4.69, 9.17) is 5.73 Å². The van der Waals surface area contributed by atoms with Crippen LogP contribution in [0.15, 0.2) is 48.5 Å². The molecule has 0 heterocycles. The lowest BCUT2D eigenvalue weighted by Crippen LogP contribution is -2.39. The van der Waals surface area contributed by atoms with Crippen LogP contribution >= 0.6 is 12.4 Å². The lowest BCUT2D eigenvalue weighted by molar-refractivity contribution is -0.384. The van der Waals surface area contributed by atoms with Crippen molar-refractivity contribution in [3.63, 3.8) is 0 Å². The summed E-state index contributed by atoms with van der Waals surface area (Å²) < 4.78 is 0. The van der Waals surface area contributed by atoms with Crippen LogP contribution in [0.1, 0.15) is 22.8 Å². The number of nitro groups is 1. The molecular weight excluding hydrogens is 356 g/mol. The Hall–Kier alpha value is -2.64. The van der Waals surface area contributed by atoms with Gasteiger partial charge in [-0.1, -0.05) is 30.3 Å². The highest BCUT2D eigenvalue weighted by atomic mass is 35.5. The molecule has 2 aromatic rings. The van der Waals surface area contributed by atoms with E-state index in [9.17, 15) is 14.9 Å². The molecule has 0 saturated heterocycles. The quantitative estimate of drug-likeness (QED) is 0.569. The second-order valence-electron chi connectivity index (χ2n) is 5.83. The third-order valence-corrected chi connectivity index (χ3v) is 4.09. The highest BCUT2D eigenvalue weighted by Crippen LogP contribution is 2.27. The molecule has 0 aliphatic rings. The maximum absolute atomic E-state index is 12.4. The van der Waals surface area contributed by atoms with E-state index in [1.807, 2.05) is 37.3 Å². The first-order chi connectivity index (χ1) is 11.9. The molecule has 1 atom stereocenters.